The number of aryl methyl sites for hydroxylation is 1. The Morgan fingerprint density at radius 2 is 1.88 bits per heavy atom. The molecule has 1 aliphatic rings. The monoisotopic (exact) mass is 333 g/mol. The highest BCUT2D eigenvalue weighted by Crippen LogP contribution is 2.41. The van der Waals surface area contributed by atoms with Crippen molar-refractivity contribution in [3.63, 3.8) is 0 Å². The minimum atomic E-state index is -2.49. The molecule has 1 aromatic heterocycles. The van der Waals surface area contributed by atoms with E-state index in [9.17, 15) is 8.78 Å². The zero-order chi connectivity index (χ0) is 17.4. The molecule has 130 valence electrons. The van der Waals surface area contributed by atoms with E-state index >= 15 is 0 Å². The lowest BCUT2D eigenvalue weighted by Crippen LogP contribution is -2.32. The molecule has 0 N–H and O–H groups in total. The number of hydrogen-bond donors (Lipinski definition) is 0. The molecule has 1 aromatic carbocycles. The van der Waals surface area contributed by atoms with Crippen molar-refractivity contribution < 1.29 is 8.78 Å². The van der Waals surface area contributed by atoms with Gasteiger partial charge < -0.3 is 4.90 Å². The predicted octanol–water partition coefficient (Wildman–Crippen LogP) is 4.88. The van der Waals surface area contributed by atoms with Gasteiger partial charge in [0.1, 0.15) is 0 Å². The second kappa shape index (κ2) is 6.54. The fourth-order valence-corrected chi connectivity index (χ4v) is 3.76. The molecule has 3 nitrogen and oxygen atoms in total. The Kier molecular flexibility index (Phi) is 4.61. The van der Waals surface area contributed by atoms with Gasteiger partial charge in [0.15, 0.2) is 0 Å². The Bertz CT molecular complexity index is 732. The fraction of sp³-hybridized carbons (Fsp3) is 0.526. The van der Waals surface area contributed by atoms with Gasteiger partial charge in [-0.1, -0.05) is 13.8 Å². The molecule has 2 heterocycles. The number of benzene rings is 1. The quantitative estimate of drug-likeness (QED) is 0.777. The van der Waals surface area contributed by atoms with Crippen LogP contribution in [0.25, 0.3) is 11.1 Å². The summed E-state index contributed by atoms with van der Waals surface area (Å²) in [4.78, 5) is 2.31. The summed E-state index contributed by atoms with van der Waals surface area (Å²) in [5.74, 6) is 0. The molecule has 0 bridgehead atoms. The van der Waals surface area contributed by atoms with Crippen LogP contribution in [-0.4, -0.2) is 22.4 Å². The van der Waals surface area contributed by atoms with Crippen LogP contribution in [0.15, 0.2) is 18.3 Å². The average Bonchev–Trinajstić information content (AvgIpc) is 3.12. The van der Waals surface area contributed by atoms with Crippen molar-refractivity contribution in [1.82, 2.24) is 9.78 Å². The molecule has 0 saturated heterocycles. The summed E-state index contributed by atoms with van der Waals surface area (Å²) >= 11 is 0. The standard InChI is InChI=1S/C19H25F2N3/c1-5-14(6-2)24-8-7-13-9-15(16(19(20)21)10-18(13)24)17-11-22-23(4)12(17)3/h9-11,14,19H,5-8H2,1-4H3. The minimum Gasteiger partial charge on any atom is -0.368 e. The summed E-state index contributed by atoms with van der Waals surface area (Å²) in [6.45, 7) is 7.16. The zero-order valence-corrected chi connectivity index (χ0v) is 14.8. The van der Waals surface area contributed by atoms with Crippen molar-refractivity contribution in [2.75, 3.05) is 11.4 Å². The van der Waals surface area contributed by atoms with Crippen LogP contribution < -0.4 is 4.90 Å². The smallest absolute Gasteiger partial charge is 0.264 e. The number of hydrogen-bond acceptors (Lipinski definition) is 2. The first-order valence-corrected chi connectivity index (χ1v) is 8.68. The SMILES string of the molecule is CCC(CC)N1CCc2cc(-c3cnn(C)c3C)c(C(F)F)cc21. The summed E-state index contributed by atoms with van der Waals surface area (Å²) in [6, 6.07) is 4.10. The van der Waals surface area contributed by atoms with E-state index in [-0.39, 0.29) is 5.56 Å². The van der Waals surface area contributed by atoms with Gasteiger partial charge in [-0.3, -0.25) is 4.68 Å². The summed E-state index contributed by atoms with van der Waals surface area (Å²) < 4.78 is 29.3. The molecule has 5 heteroatoms. The highest BCUT2D eigenvalue weighted by atomic mass is 19.3. The number of nitrogens with zero attached hydrogens (tertiary/aromatic N) is 3. The van der Waals surface area contributed by atoms with Gasteiger partial charge in [0, 0.05) is 42.1 Å². The second-order valence-electron chi connectivity index (χ2n) is 6.55. The van der Waals surface area contributed by atoms with E-state index in [4.69, 9.17) is 0 Å². The molecule has 24 heavy (non-hydrogen) atoms. The highest BCUT2D eigenvalue weighted by molar-refractivity contribution is 5.75. The van der Waals surface area contributed by atoms with Gasteiger partial charge in [0.05, 0.1) is 6.20 Å². The van der Waals surface area contributed by atoms with E-state index in [1.165, 1.54) is 5.56 Å². The van der Waals surface area contributed by atoms with Crippen LogP contribution in [0.3, 0.4) is 0 Å². The number of alkyl halides is 2. The first-order chi connectivity index (χ1) is 11.5. The van der Waals surface area contributed by atoms with Crippen molar-refractivity contribution >= 4 is 5.69 Å². The van der Waals surface area contributed by atoms with Crippen molar-refractivity contribution in [3.05, 3.63) is 35.2 Å². The number of anilines is 1. The average molecular weight is 333 g/mol. The first-order valence-electron chi connectivity index (χ1n) is 8.68. The normalized spacial score (nSPS) is 14.1. The van der Waals surface area contributed by atoms with E-state index in [0.29, 0.717) is 11.6 Å². The Labute approximate surface area is 142 Å². The molecule has 2 aromatic rings. The lowest BCUT2D eigenvalue weighted by Gasteiger charge is -2.29. The maximum absolute atomic E-state index is 13.8. The second-order valence-corrected chi connectivity index (χ2v) is 6.55. The summed E-state index contributed by atoms with van der Waals surface area (Å²) in [5.41, 5.74) is 4.61. The van der Waals surface area contributed by atoms with E-state index < -0.39 is 6.43 Å². The predicted molar refractivity (Wildman–Crippen MR) is 93.8 cm³/mol. The van der Waals surface area contributed by atoms with Crippen LogP contribution in [0.5, 0.6) is 0 Å². The molecule has 1 aliphatic heterocycles. The van der Waals surface area contributed by atoms with Crippen LogP contribution in [0.4, 0.5) is 14.5 Å². The van der Waals surface area contributed by atoms with Crippen molar-refractivity contribution in [2.24, 2.45) is 7.05 Å². The maximum Gasteiger partial charge on any atom is 0.264 e. The van der Waals surface area contributed by atoms with Crippen molar-refractivity contribution in [1.29, 1.82) is 0 Å². The first kappa shape index (κ1) is 16.9. The lowest BCUT2D eigenvalue weighted by atomic mass is 9.96. The third-order valence-corrected chi connectivity index (χ3v) is 5.33. The maximum atomic E-state index is 13.8. The summed E-state index contributed by atoms with van der Waals surface area (Å²) in [5, 5.41) is 4.22. The number of halogens is 2. The van der Waals surface area contributed by atoms with Gasteiger partial charge in [-0.25, -0.2) is 8.78 Å². The van der Waals surface area contributed by atoms with Crippen LogP contribution in [0.1, 0.15) is 49.9 Å². The minimum absolute atomic E-state index is 0.114. The van der Waals surface area contributed by atoms with Gasteiger partial charge in [0.25, 0.3) is 6.43 Å². The summed E-state index contributed by atoms with van der Waals surface area (Å²) in [6.07, 6.45) is 2.18. The highest BCUT2D eigenvalue weighted by Gasteiger charge is 2.28. The van der Waals surface area contributed by atoms with E-state index in [2.05, 4.69) is 23.8 Å². The van der Waals surface area contributed by atoms with E-state index in [1.54, 1.807) is 16.9 Å². The van der Waals surface area contributed by atoms with Crippen LogP contribution >= 0.6 is 0 Å². The van der Waals surface area contributed by atoms with Crippen LogP contribution in [0, 0.1) is 6.92 Å². The van der Waals surface area contributed by atoms with Gasteiger partial charge in [0.2, 0.25) is 0 Å². The fourth-order valence-electron chi connectivity index (χ4n) is 3.76. The third-order valence-electron chi connectivity index (χ3n) is 5.33. The van der Waals surface area contributed by atoms with Crippen molar-refractivity contribution in [2.45, 2.75) is 52.5 Å². The van der Waals surface area contributed by atoms with Crippen LogP contribution in [0.2, 0.25) is 0 Å². The molecule has 0 amide bonds. The van der Waals surface area contributed by atoms with Gasteiger partial charge in [-0.2, -0.15) is 5.10 Å². The van der Waals surface area contributed by atoms with Crippen LogP contribution in [-0.2, 0) is 13.5 Å². The Morgan fingerprint density at radius 3 is 2.42 bits per heavy atom. The number of aromatic nitrogens is 2. The number of rotatable bonds is 5. The molecule has 0 radical (unpaired) electrons. The van der Waals surface area contributed by atoms with E-state index in [0.717, 1.165) is 42.8 Å². The molecule has 0 aliphatic carbocycles. The molecule has 0 saturated carbocycles. The Balaban J connectivity index is 2.12. The van der Waals surface area contributed by atoms with Gasteiger partial charge in [-0.05, 0) is 49.4 Å². The molecular formula is C19H25F2N3. The topological polar surface area (TPSA) is 21.1 Å². The van der Waals surface area contributed by atoms with Gasteiger partial charge in [-0.15, -0.1) is 0 Å². The van der Waals surface area contributed by atoms with Gasteiger partial charge >= 0.3 is 0 Å². The Morgan fingerprint density at radius 1 is 1.17 bits per heavy atom. The van der Waals surface area contributed by atoms with E-state index in [1.807, 2.05) is 20.0 Å². The molecule has 0 unspecified atom stereocenters. The lowest BCUT2D eigenvalue weighted by molar-refractivity contribution is 0.152. The zero-order valence-electron chi connectivity index (χ0n) is 14.8. The molecule has 0 spiro atoms. The summed E-state index contributed by atoms with van der Waals surface area (Å²) in [7, 11) is 1.84. The molecule has 0 atom stereocenters. The third kappa shape index (κ3) is 2.70. The molecule has 3 rings (SSSR count). The van der Waals surface area contributed by atoms with Crippen molar-refractivity contribution in [3.8, 4) is 11.1 Å². The largest absolute Gasteiger partial charge is 0.368 e. The number of fused-ring (bicyclic) bond motifs is 1. The Hall–Kier alpha value is -1.91. The molecular weight excluding hydrogens is 308 g/mol. The molecule has 0 fully saturated rings.